The predicted molar refractivity (Wildman–Crippen MR) is 148 cm³/mol. The fraction of sp³-hybridized carbons (Fsp3) is 0.467. The van der Waals surface area contributed by atoms with Crippen LogP contribution in [0.15, 0.2) is 42.3 Å². The lowest BCUT2D eigenvalue weighted by Gasteiger charge is -2.38. The first-order valence-corrected chi connectivity index (χ1v) is 14.3. The molecular formula is C30H28F8N4O5. The van der Waals surface area contributed by atoms with Crippen LogP contribution in [0.5, 0.6) is 0 Å². The van der Waals surface area contributed by atoms with E-state index in [-0.39, 0.29) is 42.0 Å². The Hall–Kier alpha value is -4.44. The summed E-state index contributed by atoms with van der Waals surface area (Å²) in [7, 11) is 1.39. The Morgan fingerprint density at radius 2 is 1.74 bits per heavy atom. The summed E-state index contributed by atoms with van der Waals surface area (Å²) in [5.74, 6) is -3.95. The number of hydrogen-bond donors (Lipinski definition) is 1. The molecular weight excluding hydrogens is 648 g/mol. The van der Waals surface area contributed by atoms with Crippen LogP contribution in [0, 0.1) is 5.92 Å². The second-order valence-electron chi connectivity index (χ2n) is 11.5. The zero-order valence-corrected chi connectivity index (χ0v) is 24.8. The number of cyclic esters (lactones) is 1. The number of nitrogens with zero attached hydrogens (tertiary/aromatic N) is 4. The molecule has 0 radical (unpaired) electrons. The molecule has 2 aromatic rings. The van der Waals surface area contributed by atoms with Crippen LogP contribution in [-0.2, 0) is 33.2 Å². The number of allylic oxidation sites excluding steroid dienone is 3. The molecule has 2 fully saturated rings. The van der Waals surface area contributed by atoms with E-state index < -0.39 is 78.8 Å². The minimum atomic E-state index is -5.12. The van der Waals surface area contributed by atoms with E-state index in [1.54, 1.807) is 12.2 Å². The molecule has 1 N–H and O–H groups in total. The molecule has 3 atom stereocenters. The summed E-state index contributed by atoms with van der Waals surface area (Å²) in [6, 6.07) is -0.150. The van der Waals surface area contributed by atoms with Crippen molar-refractivity contribution in [3.8, 4) is 0 Å². The van der Waals surface area contributed by atoms with Crippen LogP contribution in [0.4, 0.5) is 45.9 Å². The Kier molecular flexibility index (Phi) is 8.87. The summed E-state index contributed by atoms with van der Waals surface area (Å²) in [5.41, 5.74) is -2.85. The van der Waals surface area contributed by atoms with Crippen molar-refractivity contribution in [1.29, 1.82) is 0 Å². The third-order valence-electron chi connectivity index (χ3n) is 8.15. The number of carbonyl (C=O) groups excluding carboxylic acids is 1. The van der Waals surface area contributed by atoms with E-state index in [0.29, 0.717) is 29.9 Å². The smallest absolute Gasteiger partial charge is 0.416 e. The van der Waals surface area contributed by atoms with Crippen LogP contribution < -0.4 is 4.90 Å². The number of methoxy groups -OCH3 is 1. The van der Waals surface area contributed by atoms with Gasteiger partial charge >= 0.3 is 24.4 Å². The van der Waals surface area contributed by atoms with E-state index in [1.807, 2.05) is 0 Å². The third-order valence-corrected chi connectivity index (χ3v) is 8.15. The van der Waals surface area contributed by atoms with Crippen LogP contribution in [0.1, 0.15) is 60.2 Å². The number of halogens is 8. The van der Waals surface area contributed by atoms with Gasteiger partial charge in [0.2, 0.25) is 5.95 Å². The largest absolute Gasteiger partial charge is 0.496 e. The summed E-state index contributed by atoms with van der Waals surface area (Å²) >= 11 is 0. The van der Waals surface area contributed by atoms with Gasteiger partial charge in [-0.15, -0.1) is 0 Å². The Labute approximate surface area is 262 Å². The average Bonchev–Trinajstić information content (AvgIpc) is 3.26. The number of carbonyl (C=O) groups is 2. The molecule has 1 unspecified atom stereocenters. The van der Waals surface area contributed by atoms with Gasteiger partial charge in [-0.1, -0.05) is 6.08 Å². The Morgan fingerprint density at radius 1 is 1.11 bits per heavy atom. The van der Waals surface area contributed by atoms with Gasteiger partial charge in [0.05, 0.1) is 49.6 Å². The van der Waals surface area contributed by atoms with Crippen molar-refractivity contribution in [3.05, 3.63) is 70.3 Å². The van der Waals surface area contributed by atoms with Gasteiger partial charge in [0, 0.05) is 23.8 Å². The molecule has 2 saturated heterocycles. The molecule has 5 rings (SSSR count). The van der Waals surface area contributed by atoms with E-state index in [9.17, 15) is 44.7 Å². The van der Waals surface area contributed by atoms with E-state index in [1.165, 1.54) is 25.1 Å². The normalized spacial score (nSPS) is 22.8. The van der Waals surface area contributed by atoms with Crippen molar-refractivity contribution in [2.24, 2.45) is 5.92 Å². The van der Waals surface area contributed by atoms with E-state index >= 15 is 0 Å². The molecule has 254 valence electrons. The van der Waals surface area contributed by atoms with E-state index in [0.717, 1.165) is 4.90 Å². The fourth-order valence-electron chi connectivity index (χ4n) is 5.70. The van der Waals surface area contributed by atoms with E-state index in [2.05, 4.69) is 9.97 Å². The number of hydrogen-bond acceptors (Lipinski definition) is 7. The number of rotatable bonds is 9. The van der Waals surface area contributed by atoms with Crippen molar-refractivity contribution in [2.75, 3.05) is 25.1 Å². The average molecular weight is 677 g/mol. The number of ether oxygens (including phenoxy) is 2. The number of carboxylic acids is 1. The summed E-state index contributed by atoms with van der Waals surface area (Å²) < 4.78 is 119. The molecule has 1 aliphatic carbocycles. The van der Waals surface area contributed by atoms with Gasteiger partial charge in [-0.3, -0.25) is 9.69 Å². The highest BCUT2D eigenvalue weighted by Crippen LogP contribution is 2.42. The molecule has 1 aromatic carbocycles. The van der Waals surface area contributed by atoms with Gasteiger partial charge in [-0.05, 0) is 55.5 Å². The van der Waals surface area contributed by atoms with Crippen molar-refractivity contribution in [3.63, 3.8) is 0 Å². The number of carboxylic acid groups (broad SMARTS) is 1. The van der Waals surface area contributed by atoms with E-state index in [4.69, 9.17) is 14.6 Å². The molecule has 0 bridgehead atoms. The van der Waals surface area contributed by atoms with Gasteiger partial charge in [0.15, 0.2) is 0 Å². The summed E-state index contributed by atoms with van der Waals surface area (Å²) in [6.07, 6.45) is -7.43. The second kappa shape index (κ2) is 12.3. The van der Waals surface area contributed by atoms with Crippen LogP contribution in [0.25, 0.3) is 5.57 Å². The summed E-state index contributed by atoms with van der Waals surface area (Å²) in [6.45, 7) is -0.361. The molecule has 47 heavy (non-hydrogen) atoms. The maximum Gasteiger partial charge on any atom is 0.416 e. The lowest BCUT2D eigenvalue weighted by Crippen LogP contribution is -2.57. The Morgan fingerprint density at radius 3 is 2.30 bits per heavy atom. The topological polar surface area (TPSA) is 105 Å². The molecule has 1 aromatic heterocycles. The minimum Gasteiger partial charge on any atom is -0.496 e. The SMILES string of the molecule is COC1=CCC(CCC(=O)O)C=C1c1cnc(N2CC(F)(F)C2)nc1CN1C(=O)O[C@H](c2cc(C(F)(F)F)cc(C(F)(F)F)c2)[C@@H]1C. The van der Waals surface area contributed by atoms with Gasteiger partial charge in [-0.25, -0.2) is 23.5 Å². The number of aliphatic carboxylic acids is 1. The van der Waals surface area contributed by atoms with Gasteiger partial charge in [0.25, 0.3) is 5.92 Å². The number of anilines is 1. The lowest BCUT2D eigenvalue weighted by atomic mass is 9.88. The molecule has 17 heteroatoms. The van der Waals surface area contributed by atoms with Crippen molar-refractivity contribution < 1.29 is 59.3 Å². The van der Waals surface area contributed by atoms with Gasteiger partial charge in [0.1, 0.15) is 11.9 Å². The molecule has 3 aliphatic rings. The minimum absolute atomic E-state index is 0.0285. The van der Waals surface area contributed by atoms with Crippen LogP contribution in [-0.4, -0.2) is 64.2 Å². The highest BCUT2D eigenvalue weighted by atomic mass is 19.4. The predicted octanol–water partition coefficient (Wildman–Crippen LogP) is 6.85. The molecule has 2 aliphatic heterocycles. The zero-order chi connectivity index (χ0) is 34.5. The number of alkyl halides is 8. The highest BCUT2D eigenvalue weighted by molar-refractivity contribution is 5.80. The first-order valence-electron chi connectivity index (χ1n) is 14.3. The molecule has 9 nitrogen and oxygen atoms in total. The van der Waals surface area contributed by atoms with Crippen LogP contribution >= 0.6 is 0 Å². The third kappa shape index (κ3) is 7.27. The van der Waals surface area contributed by atoms with Crippen molar-refractivity contribution in [1.82, 2.24) is 14.9 Å². The molecule has 0 saturated carbocycles. The zero-order valence-electron chi connectivity index (χ0n) is 24.8. The maximum absolute atomic E-state index is 13.7. The summed E-state index contributed by atoms with van der Waals surface area (Å²) in [4.78, 5) is 35.2. The highest BCUT2D eigenvalue weighted by Gasteiger charge is 2.46. The van der Waals surface area contributed by atoms with Crippen LogP contribution in [0.3, 0.4) is 0 Å². The number of amides is 1. The Balaban J connectivity index is 1.52. The second-order valence-corrected chi connectivity index (χ2v) is 11.5. The quantitative estimate of drug-likeness (QED) is 0.288. The molecule has 3 heterocycles. The van der Waals surface area contributed by atoms with Crippen molar-refractivity contribution in [2.45, 2.75) is 63.2 Å². The van der Waals surface area contributed by atoms with Crippen LogP contribution in [0.2, 0.25) is 0 Å². The lowest BCUT2D eigenvalue weighted by molar-refractivity contribution is -0.143. The number of benzene rings is 1. The van der Waals surface area contributed by atoms with Crippen molar-refractivity contribution >= 4 is 23.6 Å². The monoisotopic (exact) mass is 676 g/mol. The first-order chi connectivity index (χ1) is 21.9. The Bertz CT molecular complexity index is 1580. The summed E-state index contributed by atoms with van der Waals surface area (Å²) in [5, 5.41) is 9.14. The fourth-order valence-corrected chi connectivity index (χ4v) is 5.70. The molecule has 1 amide bonds. The standard InChI is InChI=1S/C30H28F8N4O5/c1-15-25(17-8-18(29(33,34)35)10-19(9-17)30(36,37)38)47-27(45)42(15)12-22-21(11-39-26(40-22)41-13-28(31,32)14-41)20-7-16(4-6-24(43)44)3-5-23(20)46-2/h5,7-11,15-16,25H,3-4,6,12-14H2,1-2H3,(H,43,44)/t15-,16?,25-/m0/s1. The van der Waals surface area contributed by atoms with Gasteiger partial charge < -0.3 is 19.5 Å². The first kappa shape index (κ1) is 33.9. The maximum atomic E-state index is 13.7. The van der Waals surface area contributed by atoms with Gasteiger partial charge in [-0.2, -0.15) is 26.3 Å². The number of aromatic nitrogens is 2. The molecule has 0 spiro atoms.